The number of nitrogens with one attached hydrogen (secondary N) is 2. The topological polar surface area (TPSA) is 105 Å². The van der Waals surface area contributed by atoms with Gasteiger partial charge in [-0.1, -0.05) is 44.2 Å². The van der Waals surface area contributed by atoms with Crippen molar-refractivity contribution in [3.63, 3.8) is 0 Å². The summed E-state index contributed by atoms with van der Waals surface area (Å²) in [5.74, 6) is 0.561. The largest absolute Gasteiger partial charge is 0.441 e. The second kappa shape index (κ2) is 10.5. The molecular weight excluding hydrogens is 444 g/mol. The van der Waals surface area contributed by atoms with Gasteiger partial charge in [0.25, 0.3) is 5.91 Å². The van der Waals surface area contributed by atoms with Crippen LogP contribution in [-0.2, 0) is 16.1 Å². The summed E-state index contributed by atoms with van der Waals surface area (Å²) in [6.07, 6.45) is 0.232. The highest BCUT2D eigenvalue weighted by Gasteiger charge is 2.34. The Labute approximate surface area is 204 Å². The molecule has 182 valence electrons. The molecule has 3 amide bonds. The SMILES string of the molecule is Cc1oc(-c2ccccc2NC(=O)c2ccccc2)nc1CNC(=O)[C@@H]1CC(=O)N(CC(C)C)C1. The normalized spacial score (nSPS) is 15.5. The molecule has 0 spiro atoms. The number of hydrogen-bond donors (Lipinski definition) is 2. The van der Waals surface area contributed by atoms with Crippen LogP contribution >= 0.6 is 0 Å². The van der Waals surface area contributed by atoms with Gasteiger partial charge in [0.15, 0.2) is 0 Å². The average molecular weight is 475 g/mol. The van der Waals surface area contributed by atoms with E-state index in [9.17, 15) is 14.4 Å². The van der Waals surface area contributed by atoms with Crippen molar-refractivity contribution in [2.45, 2.75) is 33.7 Å². The number of aromatic nitrogens is 1. The van der Waals surface area contributed by atoms with Gasteiger partial charge in [0.1, 0.15) is 11.5 Å². The molecule has 1 aliphatic rings. The second-order valence-electron chi connectivity index (χ2n) is 9.20. The van der Waals surface area contributed by atoms with E-state index in [4.69, 9.17) is 4.42 Å². The fourth-order valence-corrected chi connectivity index (χ4v) is 4.15. The summed E-state index contributed by atoms with van der Waals surface area (Å²) >= 11 is 0. The van der Waals surface area contributed by atoms with Crippen molar-refractivity contribution in [1.82, 2.24) is 15.2 Å². The Balaban J connectivity index is 1.43. The minimum absolute atomic E-state index is 0.0212. The summed E-state index contributed by atoms with van der Waals surface area (Å²) in [6, 6.07) is 16.2. The van der Waals surface area contributed by atoms with Crippen molar-refractivity contribution in [3.05, 3.63) is 71.6 Å². The summed E-state index contributed by atoms with van der Waals surface area (Å²) in [5, 5.41) is 5.82. The molecule has 3 aromatic rings. The Kier molecular flexibility index (Phi) is 7.29. The van der Waals surface area contributed by atoms with Gasteiger partial charge in [-0.2, -0.15) is 0 Å². The first-order valence-electron chi connectivity index (χ1n) is 11.8. The second-order valence-corrected chi connectivity index (χ2v) is 9.20. The number of rotatable bonds is 8. The molecule has 0 unspecified atom stereocenters. The molecule has 4 rings (SSSR count). The van der Waals surface area contributed by atoms with Gasteiger partial charge in [-0.15, -0.1) is 0 Å². The van der Waals surface area contributed by atoms with Gasteiger partial charge in [-0.25, -0.2) is 4.98 Å². The van der Waals surface area contributed by atoms with E-state index in [1.54, 1.807) is 30.0 Å². The van der Waals surface area contributed by atoms with Crippen molar-refractivity contribution < 1.29 is 18.8 Å². The molecule has 0 radical (unpaired) electrons. The average Bonchev–Trinajstić information content (AvgIpc) is 3.40. The van der Waals surface area contributed by atoms with E-state index in [0.29, 0.717) is 53.2 Å². The first kappa shape index (κ1) is 24.2. The van der Waals surface area contributed by atoms with E-state index < -0.39 is 0 Å². The smallest absolute Gasteiger partial charge is 0.255 e. The Morgan fingerprint density at radius 3 is 2.57 bits per heavy atom. The van der Waals surface area contributed by atoms with E-state index in [-0.39, 0.29) is 36.6 Å². The first-order valence-corrected chi connectivity index (χ1v) is 11.8. The van der Waals surface area contributed by atoms with Crippen molar-refractivity contribution in [2.75, 3.05) is 18.4 Å². The number of oxazole rings is 1. The maximum atomic E-state index is 12.7. The lowest BCUT2D eigenvalue weighted by molar-refractivity contribution is -0.129. The van der Waals surface area contributed by atoms with Crippen molar-refractivity contribution in [3.8, 4) is 11.5 Å². The van der Waals surface area contributed by atoms with Crippen LogP contribution in [0.4, 0.5) is 5.69 Å². The lowest BCUT2D eigenvalue weighted by atomic mass is 10.1. The molecule has 35 heavy (non-hydrogen) atoms. The molecular formula is C27H30N4O4. The third kappa shape index (κ3) is 5.77. The van der Waals surface area contributed by atoms with Gasteiger partial charge < -0.3 is 20.0 Å². The van der Waals surface area contributed by atoms with Gasteiger partial charge in [-0.05, 0) is 37.1 Å². The highest BCUT2D eigenvalue weighted by atomic mass is 16.4. The quantitative estimate of drug-likeness (QED) is 0.513. The molecule has 1 saturated heterocycles. The molecule has 1 atom stereocenters. The summed E-state index contributed by atoms with van der Waals surface area (Å²) in [7, 11) is 0. The molecule has 1 aliphatic heterocycles. The van der Waals surface area contributed by atoms with Crippen LogP contribution in [0.5, 0.6) is 0 Å². The van der Waals surface area contributed by atoms with Crippen LogP contribution in [0.1, 0.15) is 42.1 Å². The van der Waals surface area contributed by atoms with Crippen LogP contribution < -0.4 is 10.6 Å². The number of para-hydroxylation sites is 1. The molecule has 0 saturated carbocycles. The number of nitrogens with zero attached hydrogens (tertiary/aromatic N) is 2. The zero-order valence-electron chi connectivity index (χ0n) is 20.2. The van der Waals surface area contributed by atoms with Gasteiger partial charge in [-0.3, -0.25) is 14.4 Å². The fraction of sp³-hybridized carbons (Fsp3) is 0.333. The highest BCUT2D eigenvalue weighted by Crippen LogP contribution is 2.29. The monoisotopic (exact) mass is 474 g/mol. The van der Waals surface area contributed by atoms with Crippen LogP contribution in [0.3, 0.4) is 0 Å². The first-order chi connectivity index (χ1) is 16.8. The number of hydrogen-bond acceptors (Lipinski definition) is 5. The Morgan fingerprint density at radius 2 is 1.83 bits per heavy atom. The molecule has 1 aromatic heterocycles. The van der Waals surface area contributed by atoms with E-state index in [1.807, 2.05) is 36.4 Å². The van der Waals surface area contributed by atoms with Crippen molar-refractivity contribution in [2.24, 2.45) is 11.8 Å². The number of carbonyl (C=O) groups is 3. The summed E-state index contributed by atoms with van der Waals surface area (Å²) in [6.45, 7) is 7.19. The minimum Gasteiger partial charge on any atom is -0.441 e. The van der Waals surface area contributed by atoms with Gasteiger partial charge in [0, 0.05) is 25.1 Å². The molecule has 0 bridgehead atoms. The van der Waals surface area contributed by atoms with E-state index in [1.165, 1.54) is 0 Å². The molecule has 8 heteroatoms. The number of amides is 3. The lowest BCUT2D eigenvalue weighted by Crippen LogP contribution is -2.34. The van der Waals surface area contributed by atoms with Crippen molar-refractivity contribution in [1.29, 1.82) is 0 Å². The third-order valence-corrected chi connectivity index (χ3v) is 5.94. The molecule has 8 nitrogen and oxygen atoms in total. The zero-order chi connectivity index (χ0) is 24.9. The van der Waals surface area contributed by atoms with Crippen LogP contribution in [0.2, 0.25) is 0 Å². The number of carbonyl (C=O) groups excluding carboxylic acids is 3. The van der Waals surface area contributed by atoms with Crippen molar-refractivity contribution >= 4 is 23.4 Å². The van der Waals surface area contributed by atoms with E-state index in [0.717, 1.165) is 0 Å². The molecule has 0 aliphatic carbocycles. The Morgan fingerprint density at radius 1 is 1.11 bits per heavy atom. The van der Waals surface area contributed by atoms with Gasteiger partial charge in [0.2, 0.25) is 17.7 Å². The maximum absolute atomic E-state index is 12.7. The maximum Gasteiger partial charge on any atom is 0.255 e. The van der Waals surface area contributed by atoms with Crippen LogP contribution in [-0.4, -0.2) is 40.7 Å². The predicted octanol–water partition coefficient (Wildman–Crippen LogP) is 4.02. The Hall–Kier alpha value is -3.94. The molecule has 1 fully saturated rings. The summed E-state index contributed by atoms with van der Waals surface area (Å²) < 4.78 is 5.89. The number of benzene rings is 2. The number of likely N-dealkylation sites (tertiary alicyclic amines) is 1. The minimum atomic E-state index is -0.359. The highest BCUT2D eigenvalue weighted by molar-refractivity contribution is 6.06. The van der Waals surface area contributed by atoms with Gasteiger partial charge >= 0.3 is 0 Å². The van der Waals surface area contributed by atoms with Gasteiger partial charge in [0.05, 0.1) is 23.7 Å². The van der Waals surface area contributed by atoms with Crippen LogP contribution in [0.25, 0.3) is 11.5 Å². The van der Waals surface area contributed by atoms with Crippen LogP contribution in [0, 0.1) is 18.8 Å². The Bertz CT molecular complexity index is 1220. The zero-order valence-corrected chi connectivity index (χ0v) is 20.2. The predicted molar refractivity (Wildman–Crippen MR) is 132 cm³/mol. The van der Waals surface area contributed by atoms with E-state index >= 15 is 0 Å². The molecule has 2 N–H and O–H groups in total. The summed E-state index contributed by atoms with van der Waals surface area (Å²) in [5.41, 5.74) is 2.36. The van der Waals surface area contributed by atoms with Crippen LogP contribution in [0.15, 0.2) is 59.0 Å². The number of aryl methyl sites for hydroxylation is 1. The summed E-state index contributed by atoms with van der Waals surface area (Å²) in [4.78, 5) is 43.9. The third-order valence-electron chi connectivity index (χ3n) is 5.94. The molecule has 2 aromatic carbocycles. The molecule has 2 heterocycles. The van der Waals surface area contributed by atoms with E-state index in [2.05, 4.69) is 29.5 Å². The standard InChI is InChI=1S/C27H30N4O4/c1-17(2)15-31-16-20(13-24(31)32)25(33)28-14-23-18(3)35-27(30-23)21-11-7-8-12-22(21)29-26(34)19-9-5-4-6-10-19/h4-12,17,20H,13-16H2,1-3H3,(H,28,33)(H,29,34)/t20-/m1/s1. The number of anilines is 1. The lowest BCUT2D eigenvalue weighted by Gasteiger charge is -2.18. The fourth-order valence-electron chi connectivity index (χ4n) is 4.15.